The van der Waals surface area contributed by atoms with Crippen LogP contribution in [0, 0.1) is 19.7 Å². The van der Waals surface area contributed by atoms with E-state index in [1.165, 1.54) is 18.4 Å². The van der Waals surface area contributed by atoms with Crippen molar-refractivity contribution < 1.29 is 19.0 Å². The topological polar surface area (TPSA) is 109 Å². The Balaban J connectivity index is 1.74. The van der Waals surface area contributed by atoms with E-state index in [9.17, 15) is 14.7 Å². The first-order valence-electron chi connectivity index (χ1n) is 11.6. The zero-order chi connectivity index (χ0) is 25.9. The van der Waals surface area contributed by atoms with Gasteiger partial charge in [0, 0.05) is 36.4 Å². The summed E-state index contributed by atoms with van der Waals surface area (Å²) < 4.78 is 23.4. The summed E-state index contributed by atoms with van der Waals surface area (Å²) in [7, 11) is 1.59. The van der Waals surface area contributed by atoms with E-state index >= 15 is 4.39 Å². The minimum absolute atomic E-state index is 0.0681. The van der Waals surface area contributed by atoms with Gasteiger partial charge in [-0.2, -0.15) is 0 Å². The first-order valence-corrected chi connectivity index (χ1v) is 12.5. The zero-order valence-corrected chi connectivity index (χ0v) is 21.5. The fourth-order valence-electron chi connectivity index (χ4n) is 4.12. The number of pyridine rings is 2. The number of fused-ring (bicyclic) bond motifs is 1. The van der Waals surface area contributed by atoms with E-state index in [1.807, 2.05) is 6.92 Å². The number of amides is 1. The smallest absolute Gasteiger partial charge is 0.274 e. The molecule has 5 rings (SSSR count). The average Bonchev–Trinajstić information content (AvgIpc) is 3.38. The number of aliphatic hydroxyl groups is 1. The number of carbonyl (C=O) groups is 1. The molecule has 0 radical (unpaired) electrons. The monoisotopic (exact) mass is 510 g/mol. The summed E-state index contributed by atoms with van der Waals surface area (Å²) in [5.74, 6) is -0.637. The number of thiophene rings is 1. The van der Waals surface area contributed by atoms with Gasteiger partial charge in [-0.05, 0) is 58.2 Å². The highest BCUT2D eigenvalue weighted by atomic mass is 32.1. The highest BCUT2D eigenvalue weighted by Gasteiger charge is 2.32. The van der Waals surface area contributed by atoms with Crippen molar-refractivity contribution in [2.24, 2.45) is 7.05 Å². The first-order chi connectivity index (χ1) is 17.0. The molecule has 0 aromatic carbocycles. The van der Waals surface area contributed by atoms with E-state index in [2.05, 4.69) is 15.3 Å². The van der Waals surface area contributed by atoms with Crippen LogP contribution in [0.2, 0.25) is 0 Å². The molecule has 10 heteroatoms. The van der Waals surface area contributed by atoms with E-state index < -0.39 is 11.4 Å². The van der Waals surface area contributed by atoms with Gasteiger partial charge in [0.2, 0.25) is 0 Å². The van der Waals surface area contributed by atoms with Crippen molar-refractivity contribution in [1.82, 2.24) is 19.9 Å². The van der Waals surface area contributed by atoms with Crippen LogP contribution in [-0.2, 0) is 12.6 Å². The molecule has 0 aliphatic heterocycles. The summed E-state index contributed by atoms with van der Waals surface area (Å²) in [5, 5.41) is 14.1. The number of carbonyl (C=O) groups excluding carboxylic acids is 1. The average molecular weight is 511 g/mol. The van der Waals surface area contributed by atoms with Crippen molar-refractivity contribution in [3.05, 3.63) is 62.5 Å². The van der Waals surface area contributed by atoms with E-state index in [-0.39, 0.29) is 39.3 Å². The number of rotatable bonds is 6. The molecule has 3 N–H and O–H groups in total. The van der Waals surface area contributed by atoms with Gasteiger partial charge in [-0.1, -0.05) is 0 Å². The maximum absolute atomic E-state index is 15.9. The van der Waals surface area contributed by atoms with Crippen molar-refractivity contribution >= 4 is 28.1 Å². The number of hydrogen-bond acceptors (Lipinski definition) is 6. The van der Waals surface area contributed by atoms with Crippen LogP contribution < -0.4 is 15.6 Å². The lowest BCUT2D eigenvalue weighted by molar-refractivity contribution is 0.0785. The van der Waals surface area contributed by atoms with Gasteiger partial charge in [-0.25, -0.2) is 4.39 Å². The summed E-state index contributed by atoms with van der Waals surface area (Å²) >= 11 is 1.04. The van der Waals surface area contributed by atoms with Crippen molar-refractivity contribution in [3.8, 4) is 21.9 Å². The second-order valence-corrected chi connectivity index (χ2v) is 10.8. The molecule has 0 atom stereocenters. The normalized spacial score (nSPS) is 13.9. The van der Waals surface area contributed by atoms with Crippen LogP contribution in [0.5, 0.6) is 11.5 Å². The molecule has 4 aromatic heterocycles. The van der Waals surface area contributed by atoms with E-state index in [0.717, 1.165) is 29.7 Å². The molecular formula is C26H27FN4O4S. The van der Waals surface area contributed by atoms with Crippen LogP contribution >= 0.6 is 11.3 Å². The summed E-state index contributed by atoms with van der Waals surface area (Å²) in [6.45, 7) is 6.61. The van der Waals surface area contributed by atoms with Crippen LogP contribution in [0.3, 0.4) is 0 Å². The van der Waals surface area contributed by atoms with Gasteiger partial charge in [-0.15, -0.1) is 11.3 Å². The Morgan fingerprint density at radius 2 is 2.06 bits per heavy atom. The molecule has 36 heavy (non-hydrogen) atoms. The molecule has 4 heterocycles. The lowest BCUT2D eigenvalue weighted by Gasteiger charge is -2.15. The first kappa shape index (κ1) is 24.2. The molecule has 1 aliphatic rings. The Morgan fingerprint density at radius 1 is 1.33 bits per heavy atom. The maximum atomic E-state index is 15.9. The molecule has 188 valence electrons. The van der Waals surface area contributed by atoms with Gasteiger partial charge in [0.15, 0.2) is 17.3 Å². The van der Waals surface area contributed by atoms with Gasteiger partial charge >= 0.3 is 0 Å². The summed E-state index contributed by atoms with van der Waals surface area (Å²) in [4.78, 5) is 33.3. The lowest BCUT2D eigenvalue weighted by atomic mass is 10.1. The number of ether oxygens (including phenoxy) is 1. The zero-order valence-electron chi connectivity index (χ0n) is 20.7. The molecule has 1 amide bonds. The number of aryl methyl sites for hydroxylation is 3. The van der Waals surface area contributed by atoms with E-state index in [4.69, 9.17) is 4.74 Å². The van der Waals surface area contributed by atoms with Crippen LogP contribution in [0.4, 0.5) is 4.39 Å². The van der Waals surface area contributed by atoms with E-state index in [1.54, 1.807) is 38.5 Å². The summed E-state index contributed by atoms with van der Waals surface area (Å²) in [5.41, 5.74) is 0.551. The Morgan fingerprint density at radius 3 is 2.69 bits per heavy atom. The van der Waals surface area contributed by atoms with Crippen LogP contribution in [0.15, 0.2) is 29.3 Å². The molecular weight excluding hydrogens is 483 g/mol. The Kier molecular flexibility index (Phi) is 5.76. The van der Waals surface area contributed by atoms with Gasteiger partial charge in [0.05, 0.1) is 21.0 Å². The van der Waals surface area contributed by atoms with Gasteiger partial charge < -0.3 is 24.7 Å². The van der Waals surface area contributed by atoms with Crippen molar-refractivity contribution in [2.75, 3.05) is 0 Å². The second-order valence-electron chi connectivity index (χ2n) is 9.79. The molecule has 1 aliphatic carbocycles. The third kappa shape index (κ3) is 4.20. The molecule has 0 spiro atoms. The Labute approximate surface area is 210 Å². The molecule has 0 unspecified atom stereocenters. The molecule has 1 saturated carbocycles. The number of aromatic amines is 1. The standard InChI is InChI=1S/C26H27FN4O4S/c1-12-8-9-28-13(2)20(12)35-21-18(27)23(26(3,4)34)36-22(21)16-11-31(5)25(33)19-15(16)10-17(30-19)24(32)29-14-6-7-14/h8-11,14,30,34H,6-7H2,1-5H3,(H,29,32). The minimum Gasteiger partial charge on any atom is -0.451 e. The molecule has 0 saturated heterocycles. The largest absolute Gasteiger partial charge is 0.451 e. The quantitative estimate of drug-likeness (QED) is 0.350. The molecule has 0 bridgehead atoms. The van der Waals surface area contributed by atoms with Gasteiger partial charge in [-0.3, -0.25) is 14.6 Å². The van der Waals surface area contributed by atoms with Crippen molar-refractivity contribution in [1.29, 1.82) is 0 Å². The number of nitrogens with zero attached hydrogens (tertiary/aromatic N) is 2. The maximum Gasteiger partial charge on any atom is 0.274 e. The fraction of sp³-hybridized carbons (Fsp3) is 0.346. The Hall–Kier alpha value is -3.50. The van der Waals surface area contributed by atoms with E-state index in [0.29, 0.717) is 27.3 Å². The molecule has 4 aromatic rings. The highest BCUT2D eigenvalue weighted by molar-refractivity contribution is 7.16. The number of nitrogens with one attached hydrogen (secondary N) is 2. The van der Waals surface area contributed by atoms with Crippen LogP contribution in [0.1, 0.15) is 53.3 Å². The van der Waals surface area contributed by atoms with Crippen LogP contribution in [0.25, 0.3) is 21.3 Å². The lowest BCUT2D eigenvalue weighted by Crippen LogP contribution is -2.25. The number of hydrogen-bond donors (Lipinski definition) is 3. The minimum atomic E-state index is -1.47. The molecule has 8 nitrogen and oxygen atoms in total. The number of aromatic nitrogens is 3. The van der Waals surface area contributed by atoms with Crippen molar-refractivity contribution in [2.45, 2.75) is 52.2 Å². The highest BCUT2D eigenvalue weighted by Crippen LogP contribution is 2.49. The van der Waals surface area contributed by atoms with Gasteiger partial charge in [0.1, 0.15) is 11.2 Å². The summed E-state index contributed by atoms with van der Waals surface area (Å²) in [6, 6.07) is 3.53. The molecule has 1 fully saturated rings. The predicted molar refractivity (Wildman–Crippen MR) is 136 cm³/mol. The third-order valence-electron chi connectivity index (χ3n) is 6.21. The second kappa shape index (κ2) is 8.56. The Bertz CT molecular complexity index is 1550. The van der Waals surface area contributed by atoms with Gasteiger partial charge in [0.25, 0.3) is 11.5 Å². The number of H-pyrrole nitrogens is 1. The van der Waals surface area contributed by atoms with Crippen LogP contribution in [-0.4, -0.2) is 31.6 Å². The summed E-state index contributed by atoms with van der Waals surface area (Å²) in [6.07, 6.45) is 5.10. The fourth-order valence-corrected chi connectivity index (χ4v) is 5.26. The third-order valence-corrected chi connectivity index (χ3v) is 7.71. The SMILES string of the molecule is Cc1ccnc(C)c1Oc1c(-c2cn(C)c(=O)c3[nH]c(C(=O)NC4CC4)cc23)sc(C(C)(C)O)c1F. The number of halogens is 1. The van der Waals surface area contributed by atoms with Crippen molar-refractivity contribution in [3.63, 3.8) is 0 Å². The predicted octanol–water partition coefficient (Wildman–Crippen LogP) is 4.66.